The fraction of sp³-hybridized carbons (Fsp3) is 0.621. The average Bonchev–Trinajstić information content (AvgIpc) is 2.82. The van der Waals surface area contributed by atoms with Crippen LogP contribution < -0.4 is 4.74 Å². The summed E-state index contributed by atoms with van der Waals surface area (Å²) >= 11 is 0. The van der Waals surface area contributed by atoms with Gasteiger partial charge < -0.3 is 4.74 Å². The molecule has 0 radical (unpaired) electrons. The number of aryl methyl sites for hydroxylation is 1. The second kappa shape index (κ2) is 16.7. The van der Waals surface area contributed by atoms with Crippen molar-refractivity contribution < 1.29 is 9.13 Å². The van der Waals surface area contributed by atoms with E-state index in [1.807, 2.05) is 18.3 Å². The maximum Gasteiger partial charge on any atom is 0.119 e. The predicted octanol–water partition coefficient (Wildman–Crippen LogP) is 9.12. The van der Waals surface area contributed by atoms with Crippen LogP contribution in [0.5, 0.6) is 5.75 Å². The van der Waals surface area contributed by atoms with Crippen molar-refractivity contribution in [3.63, 3.8) is 0 Å². The molecule has 1 heterocycles. The number of alkyl halides is 1. The molecule has 2 aromatic rings. The highest BCUT2D eigenvalue weighted by Gasteiger charge is 2.07. The van der Waals surface area contributed by atoms with Crippen LogP contribution in [0.1, 0.15) is 103 Å². The Kier molecular flexibility index (Phi) is 13.7. The van der Waals surface area contributed by atoms with Gasteiger partial charge in [0.15, 0.2) is 0 Å². The Hall–Kier alpha value is -1.90. The molecule has 0 aliphatic heterocycles. The molecule has 178 valence electrons. The molecular formula is C29H44FNO. The molecule has 0 amide bonds. The number of ether oxygens (including phenoxy) is 1. The van der Waals surface area contributed by atoms with Gasteiger partial charge in [0.05, 0.1) is 12.3 Å². The van der Waals surface area contributed by atoms with Crippen LogP contribution in [-0.4, -0.2) is 17.8 Å². The number of hydrogen-bond donors (Lipinski definition) is 0. The van der Waals surface area contributed by atoms with E-state index in [-0.39, 0.29) is 0 Å². The fourth-order valence-electron chi connectivity index (χ4n) is 4.00. The highest BCUT2D eigenvalue weighted by Crippen LogP contribution is 2.22. The zero-order valence-electron chi connectivity index (χ0n) is 20.5. The molecule has 0 N–H and O–H groups in total. The van der Waals surface area contributed by atoms with Crippen molar-refractivity contribution in [1.82, 2.24) is 4.98 Å². The monoisotopic (exact) mass is 441 g/mol. The number of nitrogens with zero attached hydrogens (tertiary/aromatic N) is 1. The van der Waals surface area contributed by atoms with Gasteiger partial charge in [-0.25, -0.2) is 4.39 Å². The summed E-state index contributed by atoms with van der Waals surface area (Å²) in [5, 5.41) is 0. The van der Waals surface area contributed by atoms with E-state index < -0.39 is 6.17 Å². The van der Waals surface area contributed by atoms with Crippen LogP contribution in [0.2, 0.25) is 0 Å². The zero-order chi connectivity index (χ0) is 22.9. The van der Waals surface area contributed by atoms with E-state index in [0.29, 0.717) is 12.8 Å². The average molecular weight is 442 g/mol. The third-order valence-corrected chi connectivity index (χ3v) is 6.10. The van der Waals surface area contributed by atoms with Crippen LogP contribution in [0.15, 0.2) is 42.6 Å². The quantitative estimate of drug-likeness (QED) is 0.215. The minimum Gasteiger partial charge on any atom is -0.494 e. The van der Waals surface area contributed by atoms with Crippen LogP contribution in [0.25, 0.3) is 11.3 Å². The van der Waals surface area contributed by atoms with Crippen LogP contribution in [0.4, 0.5) is 4.39 Å². The Bertz CT molecular complexity index is 698. The first-order chi connectivity index (χ1) is 15.7. The topological polar surface area (TPSA) is 22.1 Å². The molecule has 0 bridgehead atoms. The Morgan fingerprint density at radius 2 is 1.41 bits per heavy atom. The maximum absolute atomic E-state index is 13.9. The van der Waals surface area contributed by atoms with E-state index in [1.165, 1.54) is 44.1 Å². The molecule has 0 aliphatic carbocycles. The van der Waals surface area contributed by atoms with Crippen LogP contribution in [-0.2, 0) is 6.42 Å². The van der Waals surface area contributed by atoms with Crippen molar-refractivity contribution in [2.75, 3.05) is 6.61 Å². The standard InChI is InChI=1S/C29H44FNO/c1-3-5-7-8-9-10-12-23-32-28-20-18-26(19-21-28)29-22-17-25(24-31-29)14-13-16-27(30)15-11-6-4-2/h17-22,24,27H,3-16,23H2,1-2H3. The number of unbranched alkanes of at least 4 members (excludes halogenated alkanes) is 8. The summed E-state index contributed by atoms with van der Waals surface area (Å²) in [5.74, 6) is 0.927. The molecule has 3 heteroatoms. The van der Waals surface area contributed by atoms with Gasteiger partial charge in [0.1, 0.15) is 11.9 Å². The minimum atomic E-state index is -0.652. The summed E-state index contributed by atoms with van der Waals surface area (Å²) in [5.41, 5.74) is 3.25. The third kappa shape index (κ3) is 11.1. The molecule has 2 nitrogen and oxygen atoms in total. The van der Waals surface area contributed by atoms with Gasteiger partial charge in [-0.05, 0) is 68.0 Å². The van der Waals surface area contributed by atoms with Gasteiger partial charge in [-0.3, -0.25) is 4.98 Å². The molecule has 1 aromatic heterocycles. The Balaban J connectivity index is 1.66. The van der Waals surface area contributed by atoms with E-state index in [1.54, 1.807) is 0 Å². The molecule has 1 aromatic carbocycles. The second-order valence-corrected chi connectivity index (χ2v) is 9.03. The fourth-order valence-corrected chi connectivity index (χ4v) is 4.00. The van der Waals surface area contributed by atoms with E-state index in [4.69, 9.17) is 4.74 Å². The van der Waals surface area contributed by atoms with Crippen molar-refractivity contribution in [3.05, 3.63) is 48.2 Å². The zero-order valence-corrected chi connectivity index (χ0v) is 20.5. The van der Waals surface area contributed by atoms with Gasteiger partial charge in [0.25, 0.3) is 0 Å². The number of rotatable bonds is 18. The smallest absolute Gasteiger partial charge is 0.119 e. The van der Waals surface area contributed by atoms with E-state index in [0.717, 1.165) is 62.1 Å². The summed E-state index contributed by atoms with van der Waals surface area (Å²) in [6, 6.07) is 12.4. The van der Waals surface area contributed by atoms with Crippen molar-refractivity contribution in [2.45, 2.75) is 110 Å². The number of benzene rings is 1. The first kappa shape index (κ1) is 26.4. The first-order valence-electron chi connectivity index (χ1n) is 13.0. The largest absolute Gasteiger partial charge is 0.494 e. The number of halogens is 1. The second-order valence-electron chi connectivity index (χ2n) is 9.03. The molecule has 0 fully saturated rings. The molecule has 0 saturated heterocycles. The Morgan fingerprint density at radius 3 is 2.09 bits per heavy atom. The highest BCUT2D eigenvalue weighted by atomic mass is 19.1. The van der Waals surface area contributed by atoms with Crippen molar-refractivity contribution >= 4 is 0 Å². The van der Waals surface area contributed by atoms with Gasteiger partial charge in [-0.2, -0.15) is 0 Å². The molecule has 1 unspecified atom stereocenters. The minimum absolute atomic E-state index is 0.652. The molecular weight excluding hydrogens is 397 g/mol. The van der Waals surface area contributed by atoms with Gasteiger partial charge in [0.2, 0.25) is 0 Å². The Morgan fingerprint density at radius 1 is 0.750 bits per heavy atom. The van der Waals surface area contributed by atoms with Gasteiger partial charge in [-0.1, -0.05) is 77.7 Å². The summed E-state index contributed by atoms with van der Waals surface area (Å²) in [4.78, 5) is 4.62. The lowest BCUT2D eigenvalue weighted by Gasteiger charge is -2.09. The third-order valence-electron chi connectivity index (χ3n) is 6.10. The lowest BCUT2D eigenvalue weighted by atomic mass is 10.0. The summed E-state index contributed by atoms with van der Waals surface area (Å²) in [6.45, 7) is 5.20. The van der Waals surface area contributed by atoms with Crippen LogP contribution in [0, 0.1) is 0 Å². The van der Waals surface area contributed by atoms with E-state index >= 15 is 0 Å². The Labute approximate surface area is 196 Å². The first-order valence-corrected chi connectivity index (χ1v) is 13.0. The molecule has 0 aliphatic rings. The molecule has 2 rings (SSSR count). The summed E-state index contributed by atoms with van der Waals surface area (Å²) in [6.07, 6.45) is 16.8. The van der Waals surface area contributed by atoms with E-state index in [9.17, 15) is 4.39 Å². The number of hydrogen-bond acceptors (Lipinski definition) is 2. The summed E-state index contributed by atoms with van der Waals surface area (Å²) < 4.78 is 19.8. The molecule has 0 spiro atoms. The van der Waals surface area contributed by atoms with Crippen molar-refractivity contribution in [2.24, 2.45) is 0 Å². The van der Waals surface area contributed by atoms with Gasteiger partial charge in [0, 0.05) is 11.8 Å². The van der Waals surface area contributed by atoms with Crippen molar-refractivity contribution in [3.8, 4) is 17.0 Å². The lowest BCUT2D eigenvalue weighted by molar-refractivity contribution is 0.283. The highest BCUT2D eigenvalue weighted by molar-refractivity contribution is 5.60. The predicted molar refractivity (Wildman–Crippen MR) is 135 cm³/mol. The SMILES string of the molecule is CCCCCCCCCOc1ccc(-c2ccc(CCCC(F)CCCCC)cn2)cc1. The number of pyridine rings is 1. The van der Waals surface area contributed by atoms with E-state index in [2.05, 4.69) is 43.1 Å². The molecule has 32 heavy (non-hydrogen) atoms. The lowest BCUT2D eigenvalue weighted by Crippen LogP contribution is -2.01. The van der Waals surface area contributed by atoms with Gasteiger partial charge in [-0.15, -0.1) is 0 Å². The number of aromatic nitrogens is 1. The van der Waals surface area contributed by atoms with Crippen molar-refractivity contribution in [1.29, 1.82) is 0 Å². The molecule has 0 saturated carbocycles. The maximum atomic E-state index is 13.9. The molecule has 1 atom stereocenters. The van der Waals surface area contributed by atoms with Crippen LogP contribution >= 0.6 is 0 Å². The van der Waals surface area contributed by atoms with Crippen LogP contribution in [0.3, 0.4) is 0 Å². The van der Waals surface area contributed by atoms with Gasteiger partial charge >= 0.3 is 0 Å². The normalized spacial score (nSPS) is 12.1. The summed E-state index contributed by atoms with van der Waals surface area (Å²) in [7, 11) is 0.